The Bertz CT molecular complexity index is 571. The van der Waals surface area contributed by atoms with Crippen LogP contribution in [0.15, 0.2) is 9.98 Å². The van der Waals surface area contributed by atoms with Crippen LogP contribution >= 0.6 is 23.1 Å². The predicted molar refractivity (Wildman–Crippen MR) is 79.7 cm³/mol. The Morgan fingerprint density at radius 2 is 2.17 bits per heavy atom. The second kappa shape index (κ2) is 4.10. The van der Waals surface area contributed by atoms with Crippen LogP contribution in [0.4, 0.5) is 5.00 Å². The summed E-state index contributed by atoms with van der Waals surface area (Å²) in [5.74, 6) is 1.20. The highest BCUT2D eigenvalue weighted by Crippen LogP contribution is 2.44. The van der Waals surface area contributed by atoms with Crippen molar-refractivity contribution in [1.29, 1.82) is 0 Å². The molecule has 1 aromatic rings. The molecule has 0 fully saturated rings. The number of amidine groups is 2. The van der Waals surface area contributed by atoms with Crippen molar-refractivity contribution < 1.29 is 0 Å². The Kier molecular flexibility index (Phi) is 2.52. The molecule has 0 spiro atoms. The molecule has 4 rings (SSSR count). The minimum atomic E-state index is 0.916. The van der Waals surface area contributed by atoms with Gasteiger partial charge in [0.25, 0.3) is 0 Å². The molecule has 94 valence electrons. The Morgan fingerprint density at radius 3 is 3.06 bits per heavy atom. The van der Waals surface area contributed by atoms with Crippen molar-refractivity contribution in [2.45, 2.75) is 25.7 Å². The lowest BCUT2D eigenvalue weighted by molar-refractivity contribution is 0.668. The number of nitrogens with zero attached hydrogens (tertiary/aromatic N) is 3. The van der Waals surface area contributed by atoms with E-state index in [1.54, 1.807) is 22.2 Å². The summed E-state index contributed by atoms with van der Waals surface area (Å²) >= 11 is 3.63. The first-order chi connectivity index (χ1) is 8.88. The Balaban J connectivity index is 1.94. The highest BCUT2D eigenvalue weighted by Gasteiger charge is 2.34. The molecule has 0 amide bonds. The first-order valence-electron chi connectivity index (χ1n) is 6.48. The minimum Gasteiger partial charge on any atom is -0.303 e. The average molecular weight is 277 g/mol. The van der Waals surface area contributed by atoms with Crippen LogP contribution in [0.2, 0.25) is 0 Å². The number of aryl methyl sites for hydroxylation is 1. The molecule has 3 heterocycles. The average Bonchev–Trinajstić information content (AvgIpc) is 3.00. The maximum absolute atomic E-state index is 4.85. The van der Waals surface area contributed by atoms with Gasteiger partial charge in [0.2, 0.25) is 0 Å². The van der Waals surface area contributed by atoms with Crippen LogP contribution in [-0.2, 0) is 12.8 Å². The zero-order chi connectivity index (χ0) is 12.1. The van der Waals surface area contributed by atoms with E-state index in [0.717, 1.165) is 18.3 Å². The van der Waals surface area contributed by atoms with Gasteiger partial charge in [-0.15, -0.1) is 11.3 Å². The summed E-state index contributed by atoms with van der Waals surface area (Å²) in [5.41, 5.74) is 2.92. The zero-order valence-electron chi connectivity index (χ0n) is 10.4. The number of rotatable bonds is 0. The van der Waals surface area contributed by atoms with Crippen LogP contribution in [0, 0.1) is 0 Å². The largest absolute Gasteiger partial charge is 0.303 e. The number of fused-ring (bicyclic) bond motifs is 5. The summed E-state index contributed by atoms with van der Waals surface area (Å²) in [6.45, 7) is 1.91. The van der Waals surface area contributed by atoms with Gasteiger partial charge in [0.05, 0.1) is 12.1 Å². The maximum atomic E-state index is 4.85. The van der Waals surface area contributed by atoms with E-state index in [9.17, 15) is 0 Å². The monoisotopic (exact) mass is 277 g/mol. The fourth-order valence-electron chi connectivity index (χ4n) is 3.01. The topological polar surface area (TPSA) is 28.0 Å². The third-order valence-electron chi connectivity index (χ3n) is 3.83. The van der Waals surface area contributed by atoms with Crippen molar-refractivity contribution in [2.24, 2.45) is 9.98 Å². The first kappa shape index (κ1) is 11.1. The smallest absolute Gasteiger partial charge is 0.170 e. The van der Waals surface area contributed by atoms with Gasteiger partial charge in [-0.05, 0) is 37.5 Å². The van der Waals surface area contributed by atoms with Gasteiger partial charge < -0.3 is 4.90 Å². The van der Waals surface area contributed by atoms with Crippen molar-refractivity contribution in [3.63, 3.8) is 0 Å². The summed E-state index contributed by atoms with van der Waals surface area (Å²) in [7, 11) is 0. The summed E-state index contributed by atoms with van der Waals surface area (Å²) in [5, 5.41) is 2.33. The summed E-state index contributed by atoms with van der Waals surface area (Å²) < 4.78 is 0. The third kappa shape index (κ3) is 1.43. The van der Waals surface area contributed by atoms with Crippen molar-refractivity contribution >= 4 is 39.1 Å². The lowest BCUT2D eigenvalue weighted by atomic mass is 9.94. The van der Waals surface area contributed by atoms with Crippen LogP contribution in [0.3, 0.4) is 0 Å². The van der Waals surface area contributed by atoms with Gasteiger partial charge in [0.15, 0.2) is 5.17 Å². The highest BCUT2D eigenvalue weighted by molar-refractivity contribution is 8.13. The van der Waals surface area contributed by atoms with Gasteiger partial charge in [0.1, 0.15) is 10.8 Å². The number of aliphatic imine (C=N–C) groups is 2. The maximum Gasteiger partial charge on any atom is 0.170 e. The van der Waals surface area contributed by atoms with Gasteiger partial charge in [-0.2, -0.15) is 0 Å². The quantitative estimate of drug-likeness (QED) is 0.729. The molecule has 3 aliphatic rings. The number of thiophene rings is 1. The molecular weight excluding hydrogens is 262 g/mol. The SMILES string of the molecule is CSC1=Nc2sc3c(c2C2=NCCN12)CCCC3. The number of hydrogen-bond donors (Lipinski definition) is 0. The van der Waals surface area contributed by atoms with Crippen LogP contribution in [0.1, 0.15) is 28.8 Å². The van der Waals surface area contributed by atoms with Crippen molar-refractivity contribution in [1.82, 2.24) is 4.90 Å². The van der Waals surface area contributed by atoms with Crippen molar-refractivity contribution in [3.05, 3.63) is 16.0 Å². The van der Waals surface area contributed by atoms with E-state index in [-0.39, 0.29) is 0 Å². The lowest BCUT2D eigenvalue weighted by Crippen LogP contribution is -2.35. The van der Waals surface area contributed by atoms with Gasteiger partial charge in [0, 0.05) is 11.4 Å². The fourth-order valence-corrected chi connectivity index (χ4v) is 4.91. The van der Waals surface area contributed by atoms with E-state index in [1.807, 2.05) is 11.3 Å². The molecule has 0 unspecified atom stereocenters. The lowest BCUT2D eigenvalue weighted by Gasteiger charge is -2.25. The first-order valence-corrected chi connectivity index (χ1v) is 8.52. The summed E-state index contributed by atoms with van der Waals surface area (Å²) in [6.07, 6.45) is 7.22. The minimum absolute atomic E-state index is 0.916. The van der Waals surface area contributed by atoms with E-state index < -0.39 is 0 Å². The molecule has 0 atom stereocenters. The van der Waals surface area contributed by atoms with Gasteiger partial charge in [-0.1, -0.05) is 11.8 Å². The molecule has 3 nitrogen and oxygen atoms in total. The molecule has 0 radical (unpaired) electrons. The van der Waals surface area contributed by atoms with Crippen LogP contribution in [-0.4, -0.2) is 35.2 Å². The van der Waals surface area contributed by atoms with Crippen molar-refractivity contribution in [3.8, 4) is 0 Å². The second-order valence-corrected chi connectivity index (χ2v) is 6.70. The van der Waals surface area contributed by atoms with E-state index in [1.165, 1.54) is 42.1 Å². The van der Waals surface area contributed by atoms with Crippen LogP contribution in [0.5, 0.6) is 0 Å². The number of thioether (sulfide) groups is 1. The Hall–Kier alpha value is -0.810. The molecule has 0 saturated carbocycles. The Labute approximate surface area is 115 Å². The van der Waals surface area contributed by atoms with E-state index in [4.69, 9.17) is 9.98 Å². The molecule has 18 heavy (non-hydrogen) atoms. The Morgan fingerprint density at radius 1 is 1.28 bits per heavy atom. The molecular formula is C13H15N3S2. The normalized spacial score (nSPS) is 21.1. The molecule has 1 aromatic heterocycles. The second-order valence-electron chi connectivity index (χ2n) is 4.85. The van der Waals surface area contributed by atoms with Crippen molar-refractivity contribution in [2.75, 3.05) is 19.3 Å². The fraction of sp³-hybridized carbons (Fsp3) is 0.538. The molecule has 1 aliphatic carbocycles. The van der Waals surface area contributed by atoms with E-state index in [0.29, 0.717) is 0 Å². The number of hydrogen-bond acceptors (Lipinski definition) is 5. The zero-order valence-corrected chi connectivity index (χ0v) is 12.0. The molecule has 5 heteroatoms. The molecule has 0 aromatic carbocycles. The van der Waals surface area contributed by atoms with Gasteiger partial charge in [-0.3, -0.25) is 4.99 Å². The predicted octanol–water partition coefficient (Wildman–Crippen LogP) is 3.05. The van der Waals surface area contributed by atoms with Crippen LogP contribution in [0.25, 0.3) is 0 Å². The molecule has 0 bridgehead atoms. The van der Waals surface area contributed by atoms with Gasteiger partial charge in [-0.25, -0.2) is 4.99 Å². The molecule has 0 saturated heterocycles. The third-order valence-corrected chi connectivity index (χ3v) is 5.69. The summed E-state index contributed by atoms with van der Waals surface area (Å²) in [6, 6.07) is 0. The van der Waals surface area contributed by atoms with E-state index in [2.05, 4.69) is 11.2 Å². The molecule has 2 aliphatic heterocycles. The standard InChI is InChI=1S/C13H15N3S2/c1-17-13-15-12-10(11-14-6-7-16(11)13)8-4-2-3-5-9(8)18-12/h2-7H2,1H3. The van der Waals surface area contributed by atoms with E-state index >= 15 is 0 Å². The highest BCUT2D eigenvalue weighted by atomic mass is 32.2. The van der Waals surface area contributed by atoms with Gasteiger partial charge >= 0.3 is 0 Å². The van der Waals surface area contributed by atoms with Crippen LogP contribution < -0.4 is 0 Å². The molecule has 0 N–H and O–H groups in total. The summed E-state index contributed by atoms with van der Waals surface area (Å²) in [4.78, 5) is 13.4.